The highest BCUT2D eigenvalue weighted by Crippen LogP contribution is 2.38. The maximum atomic E-state index is 6.69. The number of benzene rings is 3. The molecule has 1 aromatic heterocycles. The van der Waals surface area contributed by atoms with E-state index in [0.717, 1.165) is 45.3 Å². The van der Waals surface area contributed by atoms with Gasteiger partial charge in [0.25, 0.3) is 0 Å². The molecule has 0 bridgehead atoms. The molecule has 3 aromatic carbocycles. The minimum absolute atomic E-state index is 0.0903. The average molecular weight is 555 g/mol. The normalized spacial score (nSPS) is 15.6. The topological polar surface area (TPSA) is 52.3 Å². The molecule has 0 fully saturated rings. The average Bonchev–Trinajstić information content (AvgIpc) is 3.22. The molecule has 0 aliphatic carbocycles. The lowest BCUT2D eigenvalue weighted by molar-refractivity contribution is 0.261. The summed E-state index contributed by atoms with van der Waals surface area (Å²) >= 11 is 6.27. The van der Waals surface area contributed by atoms with Crippen molar-refractivity contribution in [3.05, 3.63) is 112 Å². The molecule has 0 N–H and O–H groups in total. The van der Waals surface area contributed by atoms with Crippen LogP contribution in [0.15, 0.2) is 77.8 Å². The van der Waals surface area contributed by atoms with E-state index in [1.165, 1.54) is 0 Å². The molecule has 0 amide bonds. The number of halogens is 1. The second kappa shape index (κ2) is 10.7. The molecule has 1 atom stereocenters. The Hall–Kier alpha value is -3.32. The largest absolute Gasteiger partial charge is 0.414 e. The van der Waals surface area contributed by atoms with Gasteiger partial charge in [0.2, 0.25) is 0 Å². The molecule has 0 saturated heterocycles. The number of hydrogen-bond acceptors (Lipinski definition) is 4. The van der Waals surface area contributed by atoms with Gasteiger partial charge in [-0.3, -0.25) is 9.56 Å². The molecule has 0 spiro atoms. The van der Waals surface area contributed by atoms with Crippen LogP contribution in [0.25, 0.3) is 17.8 Å². The Balaban J connectivity index is 1.65. The molecule has 200 valence electrons. The fourth-order valence-electron chi connectivity index (χ4n) is 4.43. The zero-order valence-corrected chi connectivity index (χ0v) is 25.2. The van der Waals surface area contributed by atoms with Crippen molar-refractivity contribution in [3.63, 3.8) is 0 Å². The molecule has 0 unspecified atom stereocenters. The van der Waals surface area contributed by atoms with Crippen LogP contribution < -0.4 is 0 Å². The summed E-state index contributed by atoms with van der Waals surface area (Å²) in [7, 11) is -2.01. The predicted octanol–water partition coefficient (Wildman–Crippen LogP) is 8.31. The van der Waals surface area contributed by atoms with Gasteiger partial charge in [-0.15, -0.1) is 10.2 Å². The first-order chi connectivity index (χ1) is 18.5. The van der Waals surface area contributed by atoms with Crippen molar-refractivity contribution in [2.75, 3.05) is 6.61 Å². The van der Waals surface area contributed by atoms with Gasteiger partial charge >= 0.3 is 0 Å². The zero-order valence-electron chi connectivity index (χ0n) is 23.4. The smallest absolute Gasteiger partial charge is 0.192 e. The summed E-state index contributed by atoms with van der Waals surface area (Å²) < 4.78 is 8.82. The van der Waals surface area contributed by atoms with Crippen LogP contribution in [0, 0.1) is 6.92 Å². The van der Waals surface area contributed by atoms with Crippen LogP contribution in [0.5, 0.6) is 0 Å². The van der Waals surface area contributed by atoms with E-state index in [1.807, 2.05) is 49.4 Å². The van der Waals surface area contributed by atoms with Crippen LogP contribution in [-0.2, 0) is 4.43 Å². The number of nitrogens with zero attached hydrogens (tertiary/aromatic N) is 4. The van der Waals surface area contributed by atoms with E-state index < -0.39 is 8.32 Å². The highest BCUT2D eigenvalue weighted by Gasteiger charge is 2.39. The second-order valence-electron chi connectivity index (χ2n) is 11.5. The molecular weight excluding hydrogens is 520 g/mol. The summed E-state index contributed by atoms with van der Waals surface area (Å²) in [6, 6.07) is 24.4. The van der Waals surface area contributed by atoms with Gasteiger partial charge in [0.05, 0.1) is 18.0 Å². The van der Waals surface area contributed by atoms with Crippen molar-refractivity contribution in [2.45, 2.75) is 51.9 Å². The first kappa shape index (κ1) is 27.3. The Morgan fingerprint density at radius 2 is 1.62 bits per heavy atom. The Labute approximate surface area is 237 Å². The summed E-state index contributed by atoms with van der Waals surface area (Å²) in [5.41, 5.74) is 6.16. The van der Waals surface area contributed by atoms with Crippen molar-refractivity contribution in [2.24, 2.45) is 4.99 Å². The molecule has 2 heterocycles. The van der Waals surface area contributed by atoms with Gasteiger partial charge in [0.1, 0.15) is 11.9 Å². The molecule has 0 radical (unpaired) electrons. The third kappa shape index (κ3) is 5.69. The minimum Gasteiger partial charge on any atom is -0.414 e. The lowest BCUT2D eigenvalue weighted by atomic mass is 9.98. The Bertz CT molecular complexity index is 1530. The summed E-state index contributed by atoms with van der Waals surface area (Å²) in [6.07, 6.45) is 4.26. The van der Waals surface area contributed by atoms with Crippen molar-refractivity contribution in [1.29, 1.82) is 0 Å². The Morgan fingerprint density at radius 1 is 0.923 bits per heavy atom. The minimum atomic E-state index is -2.01. The number of fused-ring (bicyclic) bond motifs is 3. The summed E-state index contributed by atoms with van der Waals surface area (Å²) in [6.45, 7) is 13.7. The SMILES string of the molecule is Cc1nnc2n1-c1ccc(/C=C/c3ccccc3)cc1C(c1ccc(Cl)cc1)=N[C@H]2CO[Si](C)(C)C(C)(C)C. The van der Waals surface area contributed by atoms with Gasteiger partial charge in [-0.25, -0.2) is 0 Å². The lowest BCUT2D eigenvalue weighted by Crippen LogP contribution is -2.41. The lowest BCUT2D eigenvalue weighted by Gasteiger charge is -2.36. The van der Waals surface area contributed by atoms with Gasteiger partial charge in [-0.2, -0.15) is 0 Å². The third-order valence-electron chi connectivity index (χ3n) is 7.74. The van der Waals surface area contributed by atoms with Gasteiger partial charge in [-0.05, 0) is 60.4 Å². The Morgan fingerprint density at radius 3 is 2.31 bits per heavy atom. The van der Waals surface area contributed by atoms with Crippen molar-refractivity contribution < 1.29 is 4.43 Å². The molecule has 0 saturated carbocycles. The number of aliphatic imine (C=N–C) groups is 1. The monoisotopic (exact) mass is 554 g/mol. The summed E-state index contributed by atoms with van der Waals surface area (Å²) in [5.74, 6) is 1.62. The fourth-order valence-corrected chi connectivity index (χ4v) is 5.56. The maximum absolute atomic E-state index is 6.69. The van der Waals surface area contributed by atoms with E-state index in [0.29, 0.717) is 11.6 Å². The fraction of sp³-hybridized carbons (Fsp3) is 0.281. The van der Waals surface area contributed by atoms with Crippen LogP contribution in [0.2, 0.25) is 23.2 Å². The molecule has 4 aromatic rings. The third-order valence-corrected chi connectivity index (χ3v) is 12.5. The number of aryl methyl sites for hydroxylation is 1. The van der Waals surface area contributed by atoms with E-state index >= 15 is 0 Å². The molecular formula is C32H35ClN4OSi. The standard InChI is InChI=1S/C32H35ClN4OSi/c1-22-35-36-31-28(21-38-39(5,6)32(2,3)4)34-30(25-15-17-26(33)18-16-25)27-20-24(14-19-29(27)37(22)31)13-12-23-10-8-7-9-11-23/h7-20,28H,21H2,1-6H3/b13-12+/t28-/m0/s1. The van der Waals surface area contributed by atoms with E-state index in [-0.39, 0.29) is 11.1 Å². The van der Waals surface area contributed by atoms with E-state index in [4.69, 9.17) is 21.0 Å². The van der Waals surface area contributed by atoms with E-state index in [2.05, 4.69) is 91.1 Å². The summed E-state index contributed by atoms with van der Waals surface area (Å²) in [4.78, 5) is 5.34. The van der Waals surface area contributed by atoms with Crippen molar-refractivity contribution in [1.82, 2.24) is 14.8 Å². The van der Waals surface area contributed by atoms with Gasteiger partial charge in [0.15, 0.2) is 14.1 Å². The molecule has 1 aliphatic heterocycles. The van der Waals surface area contributed by atoms with Crippen LogP contribution in [0.3, 0.4) is 0 Å². The maximum Gasteiger partial charge on any atom is 0.192 e. The second-order valence-corrected chi connectivity index (χ2v) is 16.8. The number of aromatic nitrogens is 3. The molecule has 1 aliphatic rings. The Kier molecular flexibility index (Phi) is 7.46. The van der Waals surface area contributed by atoms with Gasteiger partial charge in [0, 0.05) is 16.1 Å². The number of hydrogen-bond donors (Lipinski definition) is 0. The van der Waals surface area contributed by atoms with Crippen LogP contribution >= 0.6 is 11.6 Å². The first-order valence-corrected chi connectivity index (χ1v) is 16.6. The zero-order chi connectivity index (χ0) is 27.8. The van der Waals surface area contributed by atoms with Gasteiger partial charge < -0.3 is 4.43 Å². The van der Waals surface area contributed by atoms with Crippen molar-refractivity contribution in [3.8, 4) is 5.69 Å². The van der Waals surface area contributed by atoms with Crippen LogP contribution in [-0.4, -0.2) is 35.4 Å². The van der Waals surface area contributed by atoms with E-state index in [9.17, 15) is 0 Å². The molecule has 39 heavy (non-hydrogen) atoms. The van der Waals surface area contributed by atoms with Crippen LogP contribution in [0.1, 0.15) is 60.7 Å². The molecule has 5 rings (SSSR count). The predicted molar refractivity (Wildman–Crippen MR) is 164 cm³/mol. The quantitative estimate of drug-likeness (QED) is 0.178. The molecule has 5 nitrogen and oxygen atoms in total. The number of rotatable bonds is 6. The van der Waals surface area contributed by atoms with Crippen molar-refractivity contribution >= 4 is 37.8 Å². The van der Waals surface area contributed by atoms with Crippen LogP contribution in [0.4, 0.5) is 0 Å². The highest BCUT2D eigenvalue weighted by molar-refractivity contribution is 6.74. The first-order valence-electron chi connectivity index (χ1n) is 13.3. The van der Waals surface area contributed by atoms with E-state index in [1.54, 1.807) is 0 Å². The molecule has 7 heteroatoms. The summed E-state index contributed by atoms with van der Waals surface area (Å²) in [5, 5.41) is 9.85. The highest BCUT2D eigenvalue weighted by atomic mass is 35.5. The van der Waals surface area contributed by atoms with Gasteiger partial charge in [-0.1, -0.05) is 93.1 Å².